The summed E-state index contributed by atoms with van der Waals surface area (Å²) in [6.45, 7) is 1.41. The smallest absolute Gasteiger partial charge is 0.251 e. The molecular formula is C19H27NO3. The first-order chi connectivity index (χ1) is 11.2. The summed E-state index contributed by atoms with van der Waals surface area (Å²) in [5, 5.41) is 13.3. The number of carbonyl (C=O) groups is 1. The number of amides is 1. The van der Waals surface area contributed by atoms with Crippen molar-refractivity contribution in [2.24, 2.45) is 0 Å². The molecule has 1 aliphatic carbocycles. The number of ether oxygens (including phenoxy) is 1. The van der Waals surface area contributed by atoms with Crippen LogP contribution in [0.2, 0.25) is 0 Å². The van der Waals surface area contributed by atoms with Crippen molar-refractivity contribution >= 4 is 5.91 Å². The maximum atomic E-state index is 12.3. The molecule has 0 atom stereocenters. The Morgan fingerprint density at radius 1 is 1.13 bits per heavy atom. The van der Waals surface area contributed by atoms with Gasteiger partial charge in [-0.25, -0.2) is 0 Å². The van der Waals surface area contributed by atoms with Gasteiger partial charge < -0.3 is 15.2 Å². The molecular weight excluding hydrogens is 290 g/mol. The van der Waals surface area contributed by atoms with Crippen molar-refractivity contribution < 1.29 is 14.6 Å². The Bertz CT molecular complexity index is 514. The monoisotopic (exact) mass is 317 g/mol. The second-order valence-electron chi connectivity index (χ2n) is 6.98. The summed E-state index contributed by atoms with van der Waals surface area (Å²) < 4.78 is 5.25. The fourth-order valence-electron chi connectivity index (χ4n) is 3.62. The molecule has 1 aromatic rings. The van der Waals surface area contributed by atoms with E-state index in [0.29, 0.717) is 44.1 Å². The van der Waals surface area contributed by atoms with Crippen LogP contribution in [-0.2, 0) is 4.74 Å². The second-order valence-corrected chi connectivity index (χ2v) is 6.98. The van der Waals surface area contributed by atoms with Crippen molar-refractivity contribution in [3.8, 4) is 0 Å². The van der Waals surface area contributed by atoms with Crippen molar-refractivity contribution in [1.82, 2.24) is 5.32 Å². The molecule has 1 aliphatic heterocycles. The van der Waals surface area contributed by atoms with Crippen molar-refractivity contribution in [2.75, 3.05) is 19.8 Å². The molecule has 4 nitrogen and oxygen atoms in total. The van der Waals surface area contributed by atoms with E-state index in [4.69, 9.17) is 4.74 Å². The number of benzene rings is 1. The van der Waals surface area contributed by atoms with Crippen molar-refractivity contribution in [2.45, 2.75) is 56.5 Å². The van der Waals surface area contributed by atoms with Gasteiger partial charge in [0.05, 0.1) is 5.60 Å². The number of rotatable bonds is 4. The van der Waals surface area contributed by atoms with E-state index < -0.39 is 5.60 Å². The van der Waals surface area contributed by atoms with Crippen LogP contribution in [0.1, 0.15) is 66.8 Å². The van der Waals surface area contributed by atoms with Crippen LogP contribution in [0.3, 0.4) is 0 Å². The molecule has 1 saturated carbocycles. The lowest BCUT2D eigenvalue weighted by Crippen LogP contribution is -2.46. The first-order valence-corrected chi connectivity index (χ1v) is 8.85. The van der Waals surface area contributed by atoms with Gasteiger partial charge in [-0.1, -0.05) is 31.4 Å². The predicted molar refractivity (Wildman–Crippen MR) is 89.6 cm³/mol. The topological polar surface area (TPSA) is 58.6 Å². The molecule has 4 heteroatoms. The van der Waals surface area contributed by atoms with Gasteiger partial charge in [0.15, 0.2) is 0 Å². The van der Waals surface area contributed by atoms with Gasteiger partial charge in [-0.3, -0.25) is 4.79 Å². The first-order valence-electron chi connectivity index (χ1n) is 8.85. The second kappa shape index (κ2) is 7.45. The van der Waals surface area contributed by atoms with E-state index in [0.717, 1.165) is 0 Å². The van der Waals surface area contributed by atoms with Gasteiger partial charge in [0.2, 0.25) is 0 Å². The van der Waals surface area contributed by atoms with Gasteiger partial charge in [0.1, 0.15) is 0 Å². The SMILES string of the molecule is O=C(NCC1(O)CCOCC1)c1ccc(C2CCCCC2)cc1. The van der Waals surface area contributed by atoms with Gasteiger partial charge in [-0.05, 0) is 36.5 Å². The maximum absolute atomic E-state index is 12.3. The Morgan fingerprint density at radius 2 is 1.78 bits per heavy atom. The third-order valence-electron chi connectivity index (χ3n) is 5.25. The molecule has 1 heterocycles. The zero-order chi connectivity index (χ0) is 16.1. The summed E-state index contributed by atoms with van der Waals surface area (Å²) in [6, 6.07) is 8.00. The van der Waals surface area contributed by atoms with Gasteiger partial charge >= 0.3 is 0 Å². The van der Waals surface area contributed by atoms with Crippen LogP contribution in [0.25, 0.3) is 0 Å². The molecule has 0 radical (unpaired) electrons. The minimum Gasteiger partial charge on any atom is -0.388 e. The highest BCUT2D eigenvalue weighted by molar-refractivity contribution is 5.94. The number of hydrogen-bond donors (Lipinski definition) is 2. The summed E-state index contributed by atoms with van der Waals surface area (Å²) in [5.41, 5.74) is 1.19. The number of aliphatic hydroxyl groups is 1. The minimum atomic E-state index is -0.823. The standard InChI is InChI=1S/C19H27NO3/c21-18(20-14-19(22)10-12-23-13-11-19)17-8-6-16(7-9-17)15-4-2-1-3-5-15/h6-9,15,22H,1-5,10-14H2,(H,20,21). The van der Waals surface area contributed by atoms with E-state index in [1.165, 1.54) is 37.7 Å². The number of hydrogen-bond acceptors (Lipinski definition) is 3. The summed E-state index contributed by atoms with van der Waals surface area (Å²) in [6.07, 6.45) is 7.67. The first kappa shape index (κ1) is 16.5. The van der Waals surface area contributed by atoms with E-state index >= 15 is 0 Å². The lowest BCUT2D eigenvalue weighted by Gasteiger charge is -2.32. The summed E-state index contributed by atoms with van der Waals surface area (Å²) in [5.74, 6) is 0.545. The van der Waals surface area contributed by atoms with E-state index in [9.17, 15) is 9.90 Å². The molecule has 0 unspecified atom stereocenters. The maximum Gasteiger partial charge on any atom is 0.251 e. The third kappa shape index (κ3) is 4.33. The molecule has 23 heavy (non-hydrogen) atoms. The Balaban J connectivity index is 1.54. The quantitative estimate of drug-likeness (QED) is 0.897. The Kier molecular flexibility index (Phi) is 5.34. The highest BCUT2D eigenvalue weighted by Crippen LogP contribution is 2.32. The zero-order valence-corrected chi connectivity index (χ0v) is 13.7. The largest absolute Gasteiger partial charge is 0.388 e. The summed E-state index contributed by atoms with van der Waals surface area (Å²) in [7, 11) is 0. The van der Waals surface area contributed by atoms with Crippen molar-refractivity contribution in [3.05, 3.63) is 35.4 Å². The molecule has 1 aromatic carbocycles. The van der Waals surface area contributed by atoms with Gasteiger partial charge in [0, 0.05) is 38.2 Å². The lowest BCUT2D eigenvalue weighted by atomic mass is 9.84. The van der Waals surface area contributed by atoms with Crippen LogP contribution >= 0.6 is 0 Å². The number of nitrogens with one attached hydrogen (secondary N) is 1. The van der Waals surface area contributed by atoms with Crippen LogP contribution < -0.4 is 5.32 Å². The minimum absolute atomic E-state index is 0.111. The van der Waals surface area contributed by atoms with E-state index in [-0.39, 0.29) is 5.91 Å². The van der Waals surface area contributed by atoms with Gasteiger partial charge in [-0.2, -0.15) is 0 Å². The molecule has 1 amide bonds. The van der Waals surface area contributed by atoms with Crippen LogP contribution in [0.15, 0.2) is 24.3 Å². The predicted octanol–water partition coefficient (Wildman–Crippen LogP) is 3.01. The Morgan fingerprint density at radius 3 is 2.43 bits per heavy atom. The highest BCUT2D eigenvalue weighted by Gasteiger charge is 2.30. The Labute approximate surface area is 138 Å². The average Bonchev–Trinajstić information content (AvgIpc) is 2.61. The molecule has 126 valence electrons. The fourth-order valence-corrected chi connectivity index (χ4v) is 3.62. The molecule has 0 bridgehead atoms. The van der Waals surface area contributed by atoms with Crippen LogP contribution in [0.5, 0.6) is 0 Å². The molecule has 2 N–H and O–H groups in total. The van der Waals surface area contributed by atoms with Crippen molar-refractivity contribution in [3.63, 3.8) is 0 Å². The van der Waals surface area contributed by atoms with E-state index in [1.807, 2.05) is 12.1 Å². The Hall–Kier alpha value is -1.39. The average molecular weight is 317 g/mol. The molecule has 3 rings (SSSR count). The fraction of sp³-hybridized carbons (Fsp3) is 0.632. The molecule has 0 aromatic heterocycles. The van der Waals surface area contributed by atoms with Crippen LogP contribution in [-0.4, -0.2) is 36.4 Å². The van der Waals surface area contributed by atoms with Gasteiger partial charge in [0.25, 0.3) is 5.91 Å². The molecule has 0 spiro atoms. The zero-order valence-electron chi connectivity index (χ0n) is 13.7. The van der Waals surface area contributed by atoms with Crippen LogP contribution in [0.4, 0.5) is 0 Å². The lowest BCUT2D eigenvalue weighted by molar-refractivity contribution is -0.0605. The summed E-state index contributed by atoms with van der Waals surface area (Å²) >= 11 is 0. The number of carbonyl (C=O) groups excluding carboxylic acids is 1. The molecule has 2 aliphatic rings. The van der Waals surface area contributed by atoms with Crippen LogP contribution in [0, 0.1) is 0 Å². The van der Waals surface area contributed by atoms with Crippen molar-refractivity contribution in [1.29, 1.82) is 0 Å². The van der Waals surface area contributed by atoms with Gasteiger partial charge in [-0.15, -0.1) is 0 Å². The highest BCUT2D eigenvalue weighted by atomic mass is 16.5. The molecule has 1 saturated heterocycles. The molecule has 2 fully saturated rings. The third-order valence-corrected chi connectivity index (χ3v) is 5.25. The van der Waals surface area contributed by atoms with E-state index in [2.05, 4.69) is 17.4 Å². The normalized spacial score (nSPS) is 21.8. The van der Waals surface area contributed by atoms with E-state index in [1.54, 1.807) is 0 Å². The summed E-state index contributed by atoms with van der Waals surface area (Å²) in [4.78, 5) is 12.3.